The summed E-state index contributed by atoms with van der Waals surface area (Å²) in [5, 5.41) is 12.4. The molecule has 0 fully saturated rings. The minimum atomic E-state index is -0.129. The lowest BCUT2D eigenvalue weighted by molar-refractivity contribution is -0.121. The van der Waals surface area contributed by atoms with Gasteiger partial charge >= 0.3 is 0 Å². The Bertz CT molecular complexity index is 608. The summed E-state index contributed by atoms with van der Waals surface area (Å²) in [5.41, 5.74) is 8.32. The molecule has 0 saturated heterocycles. The fourth-order valence-corrected chi connectivity index (χ4v) is 2.13. The Morgan fingerprint density at radius 3 is 2.62 bits per heavy atom. The second-order valence-corrected chi connectivity index (χ2v) is 5.13. The molecule has 0 heterocycles. The number of carbonyl (C=O) groups excluding carboxylic acids is 1. The molecule has 21 heavy (non-hydrogen) atoms. The van der Waals surface area contributed by atoms with Crippen molar-refractivity contribution in [2.45, 2.75) is 25.8 Å². The molecule has 1 unspecified atom stereocenters. The number of aryl methyl sites for hydroxylation is 1. The van der Waals surface area contributed by atoms with E-state index < -0.39 is 0 Å². The number of nitrogens with one attached hydrogen (secondary N) is 1. The summed E-state index contributed by atoms with van der Waals surface area (Å²) >= 11 is 0. The molecule has 0 spiro atoms. The molecular weight excluding hydrogens is 264 g/mol. The van der Waals surface area contributed by atoms with Crippen LogP contribution in [0.3, 0.4) is 0 Å². The molecule has 1 atom stereocenters. The summed E-state index contributed by atoms with van der Waals surface area (Å²) in [4.78, 5) is 12.0. The standard InChI is InChI=1S/C17H20N2O2/c1-12(14-3-2-4-16(20)11-14)19-17(21)10-7-13-5-8-15(18)9-6-13/h2-6,8-9,11-12,20H,7,10,18H2,1H3,(H,19,21). The third kappa shape index (κ3) is 4.53. The average molecular weight is 284 g/mol. The van der Waals surface area contributed by atoms with Gasteiger partial charge in [-0.1, -0.05) is 24.3 Å². The molecule has 0 aliphatic rings. The molecule has 4 nitrogen and oxygen atoms in total. The van der Waals surface area contributed by atoms with Crippen LogP contribution < -0.4 is 11.1 Å². The van der Waals surface area contributed by atoms with E-state index in [0.717, 1.165) is 16.8 Å². The zero-order valence-corrected chi connectivity index (χ0v) is 12.0. The van der Waals surface area contributed by atoms with E-state index in [4.69, 9.17) is 5.73 Å². The molecule has 2 rings (SSSR count). The molecule has 2 aromatic rings. The number of nitrogens with two attached hydrogens (primary N) is 1. The van der Waals surface area contributed by atoms with Crippen LogP contribution in [0.15, 0.2) is 48.5 Å². The number of hydrogen-bond acceptors (Lipinski definition) is 3. The third-order valence-corrected chi connectivity index (χ3v) is 3.37. The molecule has 0 radical (unpaired) electrons. The van der Waals surface area contributed by atoms with Gasteiger partial charge in [-0.3, -0.25) is 4.79 Å². The van der Waals surface area contributed by atoms with Gasteiger partial charge in [-0.25, -0.2) is 0 Å². The molecule has 0 aliphatic carbocycles. The molecule has 0 aliphatic heterocycles. The van der Waals surface area contributed by atoms with Crippen molar-refractivity contribution < 1.29 is 9.90 Å². The van der Waals surface area contributed by atoms with Gasteiger partial charge in [0.15, 0.2) is 0 Å². The first-order valence-electron chi connectivity index (χ1n) is 6.97. The van der Waals surface area contributed by atoms with E-state index >= 15 is 0 Å². The highest BCUT2D eigenvalue weighted by atomic mass is 16.3. The predicted molar refractivity (Wildman–Crippen MR) is 83.8 cm³/mol. The van der Waals surface area contributed by atoms with Crippen molar-refractivity contribution in [3.05, 3.63) is 59.7 Å². The van der Waals surface area contributed by atoms with E-state index in [1.165, 1.54) is 0 Å². The van der Waals surface area contributed by atoms with E-state index in [-0.39, 0.29) is 17.7 Å². The fraction of sp³-hybridized carbons (Fsp3) is 0.235. The second-order valence-electron chi connectivity index (χ2n) is 5.13. The normalized spacial score (nSPS) is 11.9. The Kier molecular flexibility index (Phi) is 4.82. The average Bonchev–Trinajstić information content (AvgIpc) is 2.46. The summed E-state index contributed by atoms with van der Waals surface area (Å²) in [6.45, 7) is 1.90. The Labute approximate surface area is 124 Å². The van der Waals surface area contributed by atoms with Gasteiger partial charge < -0.3 is 16.2 Å². The number of nitrogen functional groups attached to an aromatic ring is 1. The van der Waals surface area contributed by atoms with Crippen LogP contribution in [0, 0.1) is 0 Å². The van der Waals surface area contributed by atoms with E-state index in [1.807, 2.05) is 37.3 Å². The van der Waals surface area contributed by atoms with E-state index in [9.17, 15) is 9.90 Å². The number of aromatic hydroxyl groups is 1. The van der Waals surface area contributed by atoms with Gasteiger partial charge in [0.2, 0.25) is 5.91 Å². The molecule has 110 valence electrons. The summed E-state index contributed by atoms with van der Waals surface area (Å²) in [6, 6.07) is 14.3. The topological polar surface area (TPSA) is 75.4 Å². The summed E-state index contributed by atoms with van der Waals surface area (Å²) < 4.78 is 0. The van der Waals surface area contributed by atoms with Crippen LogP contribution in [0.1, 0.15) is 30.5 Å². The number of rotatable bonds is 5. The van der Waals surface area contributed by atoms with E-state index in [0.29, 0.717) is 12.8 Å². The monoisotopic (exact) mass is 284 g/mol. The zero-order chi connectivity index (χ0) is 15.2. The highest BCUT2D eigenvalue weighted by Gasteiger charge is 2.10. The van der Waals surface area contributed by atoms with Gasteiger partial charge in [0, 0.05) is 12.1 Å². The fourth-order valence-electron chi connectivity index (χ4n) is 2.13. The van der Waals surface area contributed by atoms with Crippen LogP contribution in [0.25, 0.3) is 0 Å². The zero-order valence-electron chi connectivity index (χ0n) is 12.0. The summed E-state index contributed by atoms with van der Waals surface area (Å²) in [7, 11) is 0. The quantitative estimate of drug-likeness (QED) is 0.739. The Morgan fingerprint density at radius 1 is 1.24 bits per heavy atom. The van der Waals surface area contributed by atoms with E-state index in [1.54, 1.807) is 18.2 Å². The van der Waals surface area contributed by atoms with Gasteiger partial charge in [-0.05, 0) is 48.7 Å². The summed E-state index contributed by atoms with van der Waals surface area (Å²) in [6.07, 6.45) is 1.10. The predicted octanol–water partition coefficient (Wildman–Crippen LogP) is 2.78. The lowest BCUT2D eigenvalue weighted by Crippen LogP contribution is -2.26. The molecule has 0 aromatic heterocycles. The van der Waals surface area contributed by atoms with Crippen LogP contribution in [0.4, 0.5) is 5.69 Å². The van der Waals surface area contributed by atoms with Gasteiger partial charge in [0.1, 0.15) is 5.75 Å². The smallest absolute Gasteiger partial charge is 0.220 e. The number of phenols is 1. The van der Waals surface area contributed by atoms with Crippen LogP contribution in [0.5, 0.6) is 5.75 Å². The maximum atomic E-state index is 12.0. The number of phenolic OH excluding ortho intramolecular Hbond substituents is 1. The number of carbonyl (C=O) groups is 1. The molecular formula is C17H20N2O2. The van der Waals surface area contributed by atoms with Crippen molar-refractivity contribution in [2.75, 3.05) is 5.73 Å². The number of anilines is 1. The van der Waals surface area contributed by atoms with Crippen LogP contribution >= 0.6 is 0 Å². The Balaban J connectivity index is 1.85. The summed E-state index contributed by atoms with van der Waals surface area (Å²) in [5.74, 6) is 0.193. The molecule has 4 heteroatoms. The number of hydrogen-bond donors (Lipinski definition) is 3. The van der Waals surface area contributed by atoms with Gasteiger partial charge in [0.25, 0.3) is 0 Å². The van der Waals surface area contributed by atoms with Crippen molar-refractivity contribution in [1.29, 1.82) is 0 Å². The van der Waals surface area contributed by atoms with Crippen LogP contribution in [-0.2, 0) is 11.2 Å². The first kappa shape index (κ1) is 14.9. The molecule has 1 amide bonds. The molecule has 0 bridgehead atoms. The third-order valence-electron chi connectivity index (χ3n) is 3.37. The van der Waals surface area contributed by atoms with Crippen molar-refractivity contribution in [3.63, 3.8) is 0 Å². The van der Waals surface area contributed by atoms with Crippen molar-refractivity contribution in [1.82, 2.24) is 5.32 Å². The Hall–Kier alpha value is -2.49. The Morgan fingerprint density at radius 2 is 1.95 bits per heavy atom. The molecule has 0 saturated carbocycles. The van der Waals surface area contributed by atoms with Gasteiger partial charge in [0.05, 0.1) is 6.04 Å². The molecule has 4 N–H and O–H groups in total. The lowest BCUT2D eigenvalue weighted by atomic mass is 10.1. The second kappa shape index (κ2) is 6.79. The van der Waals surface area contributed by atoms with Crippen molar-refractivity contribution >= 4 is 11.6 Å². The highest BCUT2D eigenvalue weighted by Crippen LogP contribution is 2.18. The number of amides is 1. The lowest BCUT2D eigenvalue weighted by Gasteiger charge is -2.14. The first-order chi connectivity index (χ1) is 10.0. The maximum Gasteiger partial charge on any atom is 0.220 e. The first-order valence-corrected chi connectivity index (χ1v) is 6.97. The van der Waals surface area contributed by atoms with Gasteiger partial charge in [-0.15, -0.1) is 0 Å². The maximum absolute atomic E-state index is 12.0. The van der Waals surface area contributed by atoms with Crippen LogP contribution in [0.2, 0.25) is 0 Å². The largest absolute Gasteiger partial charge is 0.508 e. The number of benzene rings is 2. The van der Waals surface area contributed by atoms with E-state index in [2.05, 4.69) is 5.32 Å². The van der Waals surface area contributed by atoms with Crippen molar-refractivity contribution in [3.8, 4) is 5.75 Å². The minimum Gasteiger partial charge on any atom is -0.508 e. The minimum absolute atomic E-state index is 0.0114. The SMILES string of the molecule is CC(NC(=O)CCc1ccc(N)cc1)c1cccc(O)c1. The van der Waals surface area contributed by atoms with Crippen molar-refractivity contribution in [2.24, 2.45) is 0 Å². The van der Waals surface area contributed by atoms with Crippen LogP contribution in [-0.4, -0.2) is 11.0 Å². The van der Waals surface area contributed by atoms with Gasteiger partial charge in [-0.2, -0.15) is 0 Å². The highest BCUT2D eigenvalue weighted by molar-refractivity contribution is 5.76. The molecule has 2 aromatic carbocycles.